The zero-order valence-corrected chi connectivity index (χ0v) is 12.4. The molecule has 2 aliphatic heterocycles. The second-order valence-corrected chi connectivity index (χ2v) is 6.29. The minimum atomic E-state index is -1.02. The van der Waals surface area contributed by atoms with Crippen molar-refractivity contribution in [1.82, 2.24) is 9.80 Å². The Hall–Kier alpha value is -1.50. The lowest BCUT2D eigenvalue weighted by Gasteiger charge is -2.33. The number of carboxylic acids is 1. The second kappa shape index (κ2) is 5.87. The summed E-state index contributed by atoms with van der Waals surface area (Å²) >= 11 is 1.49. The molecule has 1 atom stereocenters. The summed E-state index contributed by atoms with van der Waals surface area (Å²) in [5.41, 5.74) is 0.163. The molecule has 1 N–H and O–H groups in total. The number of hydrogen-bond acceptors (Lipinski definition) is 4. The summed E-state index contributed by atoms with van der Waals surface area (Å²) in [7, 11) is 1.75. The summed E-state index contributed by atoms with van der Waals surface area (Å²) in [6.45, 7) is 2.19. The van der Waals surface area contributed by atoms with Crippen LogP contribution in [0.25, 0.3) is 0 Å². The highest BCUT2D eigenvalue weighted by Crippen LogP contribution is 2.47. The topological polar surface area (TPSA) is 77.9 Å². The predicted octanol–water partition coefficient (Wildman–Crippen LogP) is 1.24. The van der Waals surface area contributed by atoms with Gasteiger partial charge >= 0.3 is 5.97 Å². The predicted molar refractivity (Wildman–Crippen MR) is 74.7 cm³/mol. The molecule has 0 radical (unpaired) electrons. The zero-order chi connectivity index (χ0) is 14.9. The molecule has 2 amide bonds. The first kappa shape index (κ1) is 14.9. The van der Waals surface area contributed by atoms with Crippen LogP contribution in [0.15, 0.2) is 10.6 Å². The number of β-lactam (4-membered cyclic amide) rings is 1. The van der Waals surface area contributed by atoms with E-state index in [9.17, 15) is 19.5 Å². The third-order valence-corrected chi connectivity index (χ3v) is 4.91. The number of allylic oxidation sites excluding steroid dienone is 1. The SMILES string of the molecule is CC(=O)N(C)CCCCC1=C(C(=O)O)N2C(=O)C[C@H]2S1. The number of fused-ring (bicyclic) bond motifs is 1. The van der Waals surface area contributed by atoms with Crippen molar-refractivity contribution in [2.75, 3.05) is 13.6 Å². The van der Waals surface area contributed by atoms with Crippen LogP contribution in [0.3, 0.4) is 0 Å². The summed E-state index contributed by atoms with van der Waals surface area (Å²) in [6, 6.07) is 0. The number of aliphatic carboxylic acids is 1. The van der Waals surface area contributed by atoms with Crippen molar-refractivity contribution in [3.63, 3.8) is 0 Å². The third-order valence-electron chi connectivity index (χ3n) is 3.58. The summed E-state index contributed by atoms with van der Waals surface area (Å²) < 4.78 is 0. The molecule has 1 fully saturated rings. The number of hydrogen-bond donors (Lipinski definition) is 1. The summed E-state index contributed by atoms with van der Waals surface area (Å²) in [4.78, 5) is 37.6. The maximum atomic E-state index is 11.4. The zero-order valence-electron chi connectivity index (χ0n) is 11.6. The Bertz CT molecular complexity index is 489. The normalized spacial score (nSPS) is 20.8. The van der Waals surface area contributed by atoms with Gasteiger partial charge in [-0.25, -0.2) is 4.79 Å². The number of unbranched alkanes of at least 4 members (excludes halogenated alkanes) is 1. The van der Waals surface area contributed by atoms with Crippen molar-refractivity contribution in [2.24, 2.45) is 0 Å². The maximum absolute atomic E-state index is 11.4. The van der Waals surface area contributed by atoms with Crippen molar-refractivity contribution in [2.45, 2.75) is 38.0 Å². The highest BCUT2D eigenvalue weighted by Gasteiger charge is 2.47. The molecular formula is C13H18N2O4S. The molecule has 110 valence electrons. The Morgan fingerprint density at radius 1 is 1.45 bits per heavy atom. The molecule has 0 saturated carbocycles. The molecular weight excluding hydrogens is 280 g/mol. The molecule has 7 heteroatoms. The minimum Gasteiger partial charge on any atom is -0.477 e. The average molecular weight is 298 g/mol. The van der Waals surface area contributed by atoms with E-state index in [1.165, 1.54) is 23.6 Å². The number of carboxylic acid groups (broad SMARTS) is 1. The van der Waals surface area contributed by atoms with Crippen LogP contribution < -0.4 is 0 Å². The molecule has 0 aromatic carbocycles. The smallest absolute Gasteiger partial charge is 0.353 e. The van der Waals surface area contributed by atoms with Crippen LogP contribution in [-0.4, -0.2) is 51.7 Å². The first-order valence-corrected chi connectivity index (χ1v) is 7.46. The van der Waals surface area contributed by atoms with Gasteiger partial charge in [0, 0.05) is 25.4 Å². The standard InChI is InChI=1S/C13H18N2O4S/c1-8(16)14(2)6-4-3-5-9-12(13(18)19)15-10(17)7-11(15)20-9/h11H,3-7H2,1-2H3,(H,18,19)/t11-/m1/s1. The lowest BCUT2D eigenvalue weighted by atomic mass is 10.1. The lowest BCUT2D eigenvalue weighted by Crippen LogP contribution is -2.48. The quantitative estimate of drug-likeness (QED) is 0.589. The van der Waals surface area contributed by atoms with E-state index in [1.807, 2.05) is 0 Å². The van der Waals surface area contributed by atoms with Crippen molar-refractivity contribution in [3.8, 4) is 0 Å². The summed E-state index contributed by atoms with van der Waals surface area (Å²) in [6.07, 6.45) is 2.72. The highest BCUT2D eigenvalue weighted by atomic mass is 32.2. The Labute approximate surface area is 121 Å². The molecule has 20 heavy (non-hydrogen) atoms. The Balaban J connectivity index is 1.88. The number of carbonyl (C=O) groups excluding carboxylic acids is 2. The molecule has 0 bridgehead atoms. The largest absolute Gasteiger partial charge is 0.477 e. The Morgan fingerprint density at radius 3 is 2.70 bits per heavy atom. The van der Waals surface area contributed by atoms with Gasteiger partial charge in [0.05, 0.1) is 11.8 Å². The lowest BCUT2D eigenvalue weighted by molar-refractivity contribution is -0.145. The Morgan fingerprint density at radius 2 is 2.15 bits per heavy atom. The summed E-state index contributed by atoms with van der Waals surface area (Å²) in [5, 5.41) is 9.21. The molecule has 0 unspecified atom stereocenters. The van der Waals surface area contributed by atoms with Gasteiger partial charge in [-0.15, -0.1) is 11.8 Å². The molecule has 2 heterocycles. The first-order chi connectivity index (χ1) is 9.41. The van der Waals surface area contributed by atoms with Crippen LogP contribution in [0.2, 0.25) is 0 Å². The number of rotatable bonds is 6. The van der Waals surface area contributed by atoms with E-state index in [0.717, 1.165) is 17.7 Å². The van der Waals surface area contributed by atoms with Crippen molar-refractivity contribution >= 4 is 29.5 Å². The van der Waals surface area contributed by atoms with E-state index in [4.69, 9.17) is 0 Å². The number of amides is 2. The number of thioether (sulfide) groups is 1. The fourth-order valence-corrected chi connectivity index (χ4v) is 3.74. The fraction of sp³-hybridized carbons (Fsp3) is 0.615. The fourth-order valence-electron chi connectivity index (χ4n) is 2.30. The monoisotopic (exact) mass is 298 g/mol. The van der Waals surface area contributed by atoms with Crippen LogP contribution in [-0.2, 0) is 14.4 Å². The second-order valence-electron chi connectivity index (χ2n) is 5.01. The summed E-state index contributed by atoms with van der Waals surface area (Å²) in [5.74, 6) is -1.10. The van der Waals surface area contributed by atoms with Gasteiger partial charge in [-0.05, 0) is 19.3 Å². The van der Waals surface area contributed by atoms with E-state index < -0.39 is 5.97 Å². The molecule has 2 rings (SSSR count). The highest BCUT2D eigenvalue weighted by molar-refractivity contribution is 8.04. The van der Waals surface area contributed by atoms with Crippen LogP contribution in [0, 0.1) is 0 Å². The van der Waals surface area contributed by atoms with Gasteiger partial charge in [-0.2, -0.15) is 0 Å². The van der Waals surface area contributed by atoms with E-state index >= 15 is 0 Å². The van der Waals surface area contributed by atoms with E-state index in [0.29, 0.717) is 19.4 Å². The van der Waals surface area contributed by atoms with Crippen molar-refractivity contribution in [1.29, 1.82) is 0 Å². The van der Waals surface area contributed by atoms with Gasteiger partial charge in [-0.1, -0.05) is 0 Å². The third kappa shape index (κ3) is 2.82. The molecule has 6 nitrogen and oxygen atoms in total. The molecule has 0 aliphatic carbocycles. The van der Waals surface area contributed by atoms with Crippen LogP contribution >= 0.6 is 11.8 Å². The Kier molecular flexibility index (Phi) is 4.37. The van der Waals surface area contributed by atoms with Gasteiger partial charge in [0.25, 0.3) is 0 Å². The average Bonchev–Trinajstić information content (AvgIpc) is 2.66. The van der Waals surface area contributed by atoms with Crippen LogP contribution in [0.1, 0.15) is 32.6 Å². The molecule has 0 aromatic rings. The molecule has 2 aliphatic rings. The van der Waals surface area contributed by atoms with Crippen molar-refractivity contribution in [3.05, 3.63) is 10.6 Å². The van der Waals surface area contributed by atoms with Gasteiger partial charge in [-0.3, -0.25) is 14.5 Å². The minimum absolute atomic E-state index is 0.0107. The van der Waals surface area contributed by atoms with E-state index in [1.54, 1.807) is 11.9 Å². The number of nitrogens with zero attached hydrogens (tertiary/aromatic N) is 2. The van der Waals surface area contributed by atoms with Crippen LogP contribution in [0.4, 0.5) is 0 Å². The molecule has 0 spiro atoms. The van der Waals surface area contributed by atoms with Gasteiger partial charge in [0.15, 0.2) is 0 Å². The molecule has 0 aromatic heterocycles. The maximum Gasteiger partial charge on any atom is 0.353 e. The van der Waals surface area contributed by atoms with Crippen LogP contribution in [0.5, 0.6) is 0 Å². The van der Waals surface area contributed by atoms with Gasteiger partial charge in [0.2, 0.25) is 11.8 Å². The molecule has 1 saturated heterocycles. The van der Waals surface area contributed by atoms with Crippen molar-refractivity contribution < 1.29 is 19.5 Å². The van der Waals surface area contributed by atoms with E-state index in [-0.39, 0.29) is 22.9 Å². The van der Waals surface area contributed by atoms with E-state index in [2.05, 4.69) is 0 Å². The van der Waals surface area contributed by atoms with Gasteiger partial charge in [0.1, 0.15) is 5.70 Å². The number of carbonyl (C=O) groups is 3. The first-order valence-electron chi connectivity index (χ1n) is 6.58. The van der Waals surface area contributed by atoms with Gasteiger partial charge < -0.3 is 10.0 Å².